The summed E-state index contributed by atoms with van der Waals surface area (Å²) < 4.78 is 12.1. The smallest absolute Gasteiger partial charge is 0.191 e. The molecule has 5 heteroatoms. The third-order valence-electron chi connectivity index (χ3n) is 3.36. The molecule has 0 saturated carbocycles. The lowest BCUT2D eigenvalue weighted by molar-refractivity contribution is 0.681. The van der Waals surface area contributed by atoms with Gasteiger partial charge in [0.05, 0.1) is 10.8 Å². The van der Waals surface area contributed by atoms with Crippen LogP contribution in [0.25, 0.3) is 0 Å². The van der Waals surface area contributed by atoms with E-state index in [1.807, 2.05) is 48.5 Å². The lowest BCUT2D eigenvalue weighted by Crippen LogP contribution is -2.40. The molecule has 0 fully saturated rings. The molecular weight excluding hydrogens is 306 g/mol. The third kappa shape index (κ3) is 6.24. The van der Waals surface area contributed by atoms with Gasteiger partial charge < -0.3 is 10.6 Å². The molecule has 2 rings (SSSR count). The predicted molar refractivity (Wildman–Crippen MR) is 97.2 cm³/mol. The second kappa shape index (κ2) is 9.79. The second-order valence-corrected chi connectivity index (χ2v) is 6.59. The number of aliphatic imine (C=N–C) groups is 1. The van der Waals surface area contributed by atoms with Gasteiger partial charge in [-0.3, -0.25) is 9.20 Å². The van der Waals surface area contributed by atoms with E-state index in [0.29, 0.717) is 12.3 Å². The van der Waals surface area contributed by atoms with Crippen molar-refractivity contribution in [3.63, 3.8) is 0 Å². The molecule has 0 aliphatic heterocycles. The highest BCUT2D eigenvalue weighted by molar-refractivity contribution is 7.85. The maximum atomic E-state index is 12.1. The van der Waals surface area contributed by atoms with E-state index >= 15 is 0 Å². The van der Waals surface area contributed by atoms with E-state index in [4.69, 9.17) is 0 Å². The molecule has 1 atom stereocenters. The Kier molecular flexibility index (Phi) is 7.33. The van der Waals surface area contributed by atoms with Crippen molar-refractivity contribution in [3.05, 3.63) is 66.2 Å². The fourth-order valence-corrected chi connectivity index (χ4v) is 3.13. The molecule has 23 heavy (non-hydrogen) atoms. The highest BCUT2D eigenvalue weighted by atomic mass is 32.2. The van der Waals surface area contributed by atoms with Gasteiger partial charge in [-0.05, 0) is 24.1 Å². The van der Waals surface area contributed by atoms with Crippen molar-refractivity contribution in [1.29, 1.82) is 0 Å². The van der Waals surface area contributed by atoms with E-state index in [1.54, 1.807) is 7.05 Å². The summed E-state index contributed by atoms with van der Waals surface area (Å²) in [4.78, 5) is 5.05. The molecule has 2 N–H and O–H groups in total. The van der Waals surface area contributed by atoms with E-state index in [2.05, 4.69) is 27.8 Å². The maximum Gasteiger partial charge on any atom is 0.191 e. The summed E-state index contributed by atoms with van der Waals surface area (Å²) in [5.74, 6) is 1.30. The normalized spacial score (nSPS) is 12.7. The molecule has 0 saturated heterocycles. The first-order chi connectivity index (χ1) is 11.3. The van der Waals surface area contributed by atoms with Crippen molar-refractivity contribution >= 4 is 16.8 Å². The number of nitrogens with zero attached hydrogens (tertiary/aromatic N) is 1. The number of benzene rings is 2. The molecule has 0 aliphatic rings. The molecule has 2 aromatic rings. The Morgan fingerprint density at radius 3 is 2.22 bits per heavy atom. The molecule has 122 valence electrons. The Hall–Kier alpha value is -2.14. The van der Waals surface area contributed by atoms with Gasteiger partial charge in [-0.15, -0.1) is 0 Å². The summed E-state index contributed by atoms with van der Waals surface area (Å²) in [6.45, 7) is 1.43. The van der Waals surface area contributed by atoms with Crippen molar-refractivity contribution in [2.45, 2.75) is 11.3 Å². The number of nitrogens with one attached hydrogen (secondary N) is 2. The maximum absolute atomic E-state index is 12.1. The van der Waals surface area contributed by atoms with Gasteiger partial charge in [0.15, 0.2) is 5.96 Å². The van der Waals surface area contributed by atoms with E-state index in [-0.39, 0.29) is 0 Å². The van der Waals surface area contributed by atoms with Crippen molar-refractivity contribution in [1.82, 2.24) is 10.6 Å². The molecule has 1 unspecified atom stereocenters. The first kappa shape index (κ1) is 17.2. The minimum Gasteiger partial charge on any atom is -0.356 e. The first-order valence-electron chi connectivity index (χ1n) is 7.71. The molecule has 2 aromatic carbocycles. The molecule has 0 spiro atoms. The van der Waals surface area contributed by atoms with Crippen LogP contribution in [0.4, 0.5) is 0 Å². The molecule has 0 amide bonds. The Morgan fingerprint density at radius 2 is 1.57 bits per heavy atom. The van der Waals surface area contributed by atoms with Crippen molar-refractivity contribution in [2.24, 2.45) is 4.99 Å². The van der Waals surface area contributed by atoms with Gasteiger partial charge in [-0.2, -0.15) is 0 Å². The van der Waals surface area contributed by atoms with Gasteiger partial charge in [-0.1, -0.05) is 48.5 Å². The largest absolute Gasteiger partial charge is 0.356 e. The highest BCUT2D eigenvalue weighted by Gasteiger charge is 2.03. The Bertz CT molecular complexity index is 629. The average Bonchev–Trinajstić information content (AvgIpc) is 2.62. The quantitative estimate of drug-likeness (QED) is 0.605. The fourth-order valence-electron chi connectivity index (χ4n) is 2.14. The second-order valence-electron chi connectivity index (χ2n) is 5.02. The average molecular weight is 329 g/mol. The zero-order chi connectivity index (χ0) is 16.3. The molecule has 0 aliphatic carbocycles. The number of hydrogen-bond donors (Lipinski definition) is 2. The van der Waals surface area contributed by atoms with Gasteiger partial charge in [0, 0.05) is 30.8 Å². The predicted octanol–water partition coefficient (Wildman–Crippen LogP) is 2.20. The first-order valence-corrected chi connectivity index (χ1v) is 9.03. The Balaban J connectivity index is 1.68. The van der Waals surface area contributed by atoms with Crippen LogP contribution in [0.3, 0.4) is 0 Å². The molecule has 0 bridgehead atoms. The summed E-state index contributed by atoms with van der Waals surface area (Å²) in [5, 5.41) is 6.47. The molecule has 4 nitrogen and oxygen atoms in total. The fraction of sp³-hybridized carbons (Fsp3) is 0.278. The van der Waals surface area contributed by atoms with Crippen LogP contribution in [0.2, 0.25) is 0 Å². The molecular formula is C18H23N3OS. The summed E-state index contributed by atoms with van der Waals surface area (Å²) in [7, 11) is 0.760. The topological polar surface area (TPSA) is 53.5 Å². The zero-order valence-corrected chi connectivity index (χ0v) is 14.2. The van der Waals surface area contributed by atoms with Crippen LogP contribution in [-0.4, -0.2) is 36.1 Å². The monoisotopic (exact) mass is 329 g/mol. The number of guanidine groups is 1. The van der Waals surface area contributed by atoms with Crippen molar-refractivity contribution in [3.8, 4) is 0 Å². The summed E-state index contributed by atoms with van der Waals surface area (Å²) in [6.07, 6.45) is 0.942. The minimum atomic E-state index is -0.983. The van der Waals surface area contributed by atoms with Crippen molar-refractivity contribution < 1.29 is 4.21 Å². The lowest BCUT2D eigenvalue weighted by Gasteiger charge is -2.11. The van der Waals surface area contributed by atoms with Crippen molar-refractivity contribution in [2.75, 3.05) is 25.9 Å². The van der Waals surface area contributed by atoms with Gasteiger partial charge in [-0.25, -0.2) is 0 Å². The van der Waals surface area contributed by atoms with Crippen LogP contribution in [-0.2, 0) is 17.2 Å². The number of rotatable bonds is 7. The third-order valence-corrected chi connectivity index (χ3v) is 4.73. The molecule has 0 heterocycles. The summed E-state index contributed by atoms with van der Waals surface area (Å²) in [5.41, 5.74) is 1.29. The van der Waals surface area contributed by atoms with Crippen LogP contribution >= 0.6 is 0 Å². The Labute approximate surface area is 140 Å². The van der Waals surface area contributed by atoms with E-state index in [1.165, 1.54) is 5.56 Å². The van der Waals surface area contributed by atoms with Crippen LogP contribution in [0.15, 0.2) is 70.6 Å². The van der Waals surface area contributed by atoms with Crippen LogP contribution in [0.1, 0.15) is 5.56 Å². The lowest BCUT2D eigenvalue weighted by atomic mass is 10.1. The zero-order valence-electron chi connectivity index (χ0n) is 13.4. The number of hydrogen-bond acceptors (Lipinski definition) is 2. The van der Waals surface area contributed by atoms with Gasteiger partial charge in [0.2, 0.25) is 0 Å². The summed E-state index contributed by atoms with van der Waals surface area (Å²) >= 11 is 0. The van der Waals surface area contributed by atoms with Crippen LogP contribution in [0, 0.1) is 0 Å². The van der Waals surface area contributed by atoms with Gasteiger partial charge >= 0.3 is 0 Å². The molecule has 0 radical (unpaired) electrons. The summed E-state index contributed by atoms with van der Waals surface area (Å²) in [6, 6.07) is 19.9. The van der Waals surface area contributed by atoms with Crippen LogP contribution in [0.5, 0.6) is 0 Å². The highest BCUT2D eigenvalue weighted by Crippen LogP contribution is 2.04. The van der Waals surface area contributed by atoms with E-state index in [9.17, 15) is 4.21 Å². The van der Waals surface area contributed by atoms with Gasteiger partial charge in [0.25, 0.3) is 0 Å². The standard InChI is InChI=1S/C18H23N3OS/c1-19-18(20-13-12-16-8-4-2-5-9-16)21-14-15-23(22)17-10-6-3-7-11-17/h2-11H,12-15H2,1H3,(H2,19,20,21). The van der Waals surface area contributed by atoms with Gasteiger partial charge in [0.1, 0.15) is 0 Å². The van der Waals surface area contributed by atoms with E-state index in [0.717, 1.165) is 23.8 Å². The van der Waals surface area contributed by atoms with E-state index < -0.39 is 10.8 Å². The SMILES string of the molecule is CN=C(NCCc1ccccc1)NCCS(=O)c1ccccc1. The Morgan fingerprint density at radius 1 is 0.957 bits per heavy atom. The minimum absolute atomic E-state index is 0.559. The van der Waals surface area contributed by atoms with Crippen LogP contribution < -0.4 is 10.6 Å². The molecule has 0 aromatic heterocycles.